The van der Waals surface area contributed by atoms with Gasteiger partial charge in [0.25, 0.3) is 0 Å². The predicted molar refractivity (Wildman–Crippen MR) is 54.6 cm³/mol. The van der Waals surface area contributed by atoms with Crippen molar-refractivity contribution in [1.29, 1.82) is 0 Å². The summed E-state index contributed by atoms with van der Waals surface area (Å²) in [5.74, 6) is 1.21. The zero-order valence-corrected chi connectivity index (χ0v) is 8.23. The van der Waals surface area contributed by atoms with E-state index >= 15 is 0 Å². The van der Waals surface area contributed by atoms with Gasteiger partial charge >= 0.3 is 0 Å². The van der Waals surface area contributed by atoms with E-state index in [1.54, 1.807) is 6.07 Å². The Labute approximate surface area is 83.5 Å². The Balaban J connectivity index is 2.22. The summed E-state index contributed by atoms with van der Waals surface area (Å²) >= 11 is 0. The lowest BCUT2D eigenvalue weighted by atomic mass is 10.1. The molecule has 3 nitrogen and oxygen atoms in total. The van der Waals surface area contributed by atoms with Crippen LogP contribution in [0.3, 0.4) is 0 Å². The minimum Gasteiger partial charge on any atom is -0.504 e. The van der Waals surface area contributed by atoms with Crippen LogP contribution in [-0.4, -0.2) is 17.8 Å². The van der Waals surface area contributed by atoms with Gasteiger partial charge in [0.1, 0.15) is 0 Å². The first-order valence-corrected chi connectivity index (χ1v) is 4.93. The summed E-state index contributed by atoms with van der Waals surface area (Å²) in [5, 5.41) is 9.48. The summed E-state index contributed by atoms with van der Waals surface area (Å²) < 4.78 is 5.30. The van der Waals surface area contributed by atoms with Gasteiger partial charge < -0.3 is 15.6 Å². The van der Waals surface area contributed by atoms with Crippen LogP contribution in [0, 0.1) is 0 Å². The van der Waals surface area contributed by atoms with Gasteiger partial charge in [-0.3, -0.25) is 0 Å². The molecule has 0 spiro atoms. The molecule has 0 bridgehead atoms. The number of hydrogen-bond acceptors (Lipinski definition) is 3. The molecule has 2 rings (SSSR count). The average Bonchev–Trinajstić information content (AvgIpc) is 2.87. The standard InChI is InChI=1S/C11H15NO2/c1-2-14-11-5-7(3-4-10(11)13)8-6-9(8)12/h3-5,8-9,13H,2,6,12H2,1H3. The van der Waals surface area contributed by atoms with Crippen LogP contribution in [0.4, 0.5) is 0 Å². The van der Waals surface area contributed by atoms with Gasteiger partial charge in [-0.05, 0) is 31.0 Å². The van der Waals surface area contributed by atoms with Crippen LogP contribution in [-0.2, 0) is 0 Å². The number of ether oxygens (including phenoxy) is 1. The Morgan fingerprint density at radius 1 is 1.57 bits per heavy atom. The van der Waals surface area contributed by atoms with E-state index in [4.69, 9.17) is 10.5 Å². The highest BCUT2D eigenvalue weighted by molar-refractivity contribution is 5.44. The number of nitrogens with two attached hydrogens (primary N) is 1. The predicted octanol–water partition coefficient (Wildman–Crippen LogP) is 1.61. The van der Waals surface area contributed by atoms with Crippen molar-refractivity contribution in [3.8, 4) is 11.5 Å². The van der Waals surface area contributed by atoms with Gasteiger partial charge in [0.05, 0.1) is 6.61 Å². The maximum Gasteiger partial charge on any atom is 0.161 e. The number of benzene rings is 1. The summed E-state index contributed by atoms with van der Waals surface area (Å²) in [4.78, 5) is 0. The van der Waals surface area contributed by atoms with Gasteiger partial charge in [-0.1, -0.05) is 6.07 Å². The third-order valence-electron chi connectivity index (χ3n) is 2.55. The quantitative estimate of drug-likeness (QED) is 0.766. The number of aromatic hydroxyl groups is 1. The Bertz CT molecular complexity index is 338. The van der Waals surface area contributed by atoms with E-state index in [1.165, 1.54) is 5.56 Å². The van der Waals surface area contributed by atoms with Crippen LogP contribution in [0.5, 0.6) is 11.5 Å². The summed E-state index contributed by atoms with van der Waals surface area (Å²) in [6, 6.07) is 5.76. The van der Waals surface area contributed by atoms with E-state index in [0.29, 0.717) is 18.3 Å². The number of phenolic OH excluding ortho intramolecular Hbond substituents is 1. The zero-order valence-electron chi connectivity index (χ0n) is 8.23. The monoisotopic (exact) mass is 193 g/mol. The molecule has 1 saturated carbocycles. The van der Waals surface area contributed by atoms with Crippen molar-refractivity contribution < 1.29 is 9.84 Å². The molecule has 3 heteroatoms. The third kappa shape index (κ3) is 1.68. The molecule has 0 amide bonds. The van der Waals surface area contributed by atoms with E-state index < -0.39 is 0 Å². The van der Waals surface area contributed by atoms with E-state index in [1.807, 2.05) is 19.1 Å². The van der Waals surface area contributed by atoms with Crippen molar-refractivity contribution in [1.82, 2.24) is 0 Å². The maximum atomic E-state index is 9.48. The minimum absolute atomic E-state index is 0.199. The molecule has 0 aromatic heterocycles. The van der Waals surface area contributed by atoms with Crippen LogP contribution >= 0.6 is 0 Å². The van der Waals surface area contributed by atoms with Crippen LogP contribution in [0.25, 0.3) is 0 Å². The average molecular weight is 193 g/mol. The van der Waals surface area contributed by atoms with Gasteiger partial charge in [0.15, 0.2) is 11.5 Å². The summed E-state index contributed by atoms with van der Waals surface area (Å²) in [6.07, 6.45) is 1.04. The molecule has 2 atom stereocenters. The Morgan fingerprint density at radius 3 is 2.86 bits per heavy atom. The van der Waals surface area contributed by atoms with Crippen molar-refractivity contribution in [3.05, 3.63) is 23.8 Å². The first kappa shape index (κ1) is 9.34. The highest BCUT2D eigenvalue weighted by Crippen LogP contribution is 2.41. The highest BCUT2D eigenvalue weighted by Gasteiger charge is 2.35. The van der Waals surface area contributed by atoms with E-state index in [0.717, 1.165) is 6.42 Å². The second-order valence-corrected chi connectivity index (χ2v) is 3.67. The van der Waals surface area contributed by atoms with Crippen LogP contribution < -0.4 is 10.5 Å². The Hall–Kier alpha value is -1.22. The van der Waals surface area contributed by atoms with Gasteiger partial charge in [0, 0.05) is 12.0 Å². The van der Waals surface area contributed by atoms with Gasteiger partial charge in [0.2, 0.25) is 0 Å². The molecule has 0 heterocycles. The van der Waals surface area contributed by atoms with Crippen molar-refractivity contribution in [2.75, 3.05) is 6.61 Å². The molecule has 14 heavy (non-hydrogen) atoms. The molecule has 0 aliphatic heterocycles. The lowest BCUT2D eigenvalue weighted by Crippen LogP contribution is -2.01. The topological polar surface area (TPSA) is 55.5 Å². The van der Waals surface area contributed by atoms with Gasteiger partial charge in [-0.25, -0.2) is 0 Å². The third-order valence-corrected chi connectivity index (χ3v) is 2.55. The second kappa shape index (κ2) is 3.50. The number of hydrogen-bond donors (Lipinski definition) is 2. The van der Waals surface area contributed by atoms with E-state index in [-0.39, 0.29) is 11.8 Å². The molecule has 2 unspecified atom stereocenters. The number of phenols is 1. The number of rotatable bonds is 3. The molecule has 1 fully saturated rings. The van der Waals surface area contributed by atoms with Crippen LogP contribution in [0.1, 0.15) is 24.8 Å². The molecular formula is C11H15NO2. The van der Waals surface area contributed by atoms with Crippen LogP contribution in [0.2, 0.25) is 0 Å². The van der Waals surface area contributed by atoms with Crippen LogP contribution in [0.15, 0.2) is 18.2 Å². The fourth-order valence-corrected chi connectivity index (χ4v) is 1.63. The maximum absolute atomic E-state index is 9.48. The molecule has 1 aromatic rings. The normalized spacial score (nSPS) is 24.7. The zero-order chi connectivity index (χ0) is 10.1. The van der Waals surface area contributed by atoms with Gasteiger partial charge in [-0.2, -0.15) is 0 Å². The van der Waals surface area contributed by atoms with Crippen molar-refractivity contribution >= 4 is 0 Å². The molecule has 0 saturated heterocycles. The highest BCUT2D eigenvalue weighted by atomic mass is 16.5. The van der Waals surface area contributed by atoms with Crippen molar-refractivity contribution in [3.63, 3.8) is 0 Å². The first-order chi connectivity index (χ1) is 6.72. The molecule has 76 valence electrons. The lowest BCUT2D eigenvalue weighted by Gasteiger charge is -2.07. The lowest BCUT2D eigenvalue weighted by molar-refractivity contribution is 0.317. The Morgan fingerprint density at radius 2 is 2.29 bits per heavy atom. The smallest absolute Gasteiger partial charge is 0.161 e. The molecule has 1 aliphatic rings. The SMILES string of the molecule is CCOc1cc(C2CC2N)ccc1O. The summed E-state index contributed by atoms with van der Waals surface area (Å²) in [7, 11) is 0. The first-order valence-electron chi connectivity index (χ1n) is 4.93. The summed E-state index contributed by atoms with van der Waals surface area (Å²) in [6.45, 7) is 2.46. The molecular weight excluding hydrogens is 178 g/mol. The fraction of sp³-hybridized carbons (Fsp3) is 0.455. The largest absolute Gasteiger partial charge is 0.504 e. The van der Waals surface area contributed by atoms with E-state index in [2.05, 4.69) is 0 Å². The molecule has 1 aromatic carbocycles. The second-order valence-electron chi connectivity index (χ2n) is 3.67. The minimum atomic E-state index is 0.199. The molecule has 0 radical (unpaired) electrons. The van der Waals surface area contributed by atoms with Gasteiger partial charge in [-0.15, -0.1) is 0 Å². The fourth-order valence-electron chi connectivity index (χ4n) is 1.63. The molecule has 3 N–H and O–H groups in total. The molecule has 1 aliphatic carbocycles. The van der Waals surface area contributed by atoms with Crippen molar-refractivity contribution in [2.45, 2.75) is 25.3 Å². The van der Waals surface area contributed by atoms with E-state index in [9.17, 15) is 5.11 Å². The van der Waals surface area contributed by atoms with Crippen molar-refractivity contribution in [2.24, 2.45) is 5.73 Å². The Kier molecular flexibility index (Phi) is 2.33. The summed E-state index contributed by atoms with van der Waals surface area (Å²) in [5.41, 5.74) is 6.92.